The van der Waals surface area contributed by atoms with Crippen molar-refractivity contribution < 1.29 is 0 Å². The van der Waals surface area contributed by atoms with Gasteiger partial charge in [0.05, 0.1) is 8.80 Å². The van der Waals surface area contributed by atoms with E-state index in [0.29, 0.717) is 0 Å². The van der Waals surface area contributed by atoms with E-state index in [2.05, 4.69) is 30.6 Å². The van der Waals surface area contributed by atoms with Crippen molar-refractivity contribution in [2.75, 3.05) is 13.1 Å². The van der Waals surface area contributed by atoms with Crippen molar-refractivity contribution in [1.29, 1.82) is 0 Å². The quantitative estimate of drug-likeness (QED) is 0.615. The Labute approximate surface area is 84.4 Å². The first-order chi connectivity index (χ1) is 6.20. The number of likely N-dealkylation sites (tertiary alicyclic amines) is 1. The maximum absolute atomic E-state index is 2.58. The van der Waals surface area contributed by atoms with E-state index in [1.165, 1.54) is 38.8 Å². The molecule has 1 nitrogen and oxygen atoms in total. The van der Waals surface area contributed by atoms with Crippen molar-refractivity contribution in [1.82, 2.24) is 4.90 Å². The molecule has 1 aliphatic heterocycles. The molecule has 0 saturated carbocycles. The summed E-state index contributed by atoms with van der Waals surface area (Å²) in [7, 11) is -0.518. The molecule has 0 aromatic rings. The Morgan fingerprint density at radius 2 is 1.62 bits per heavy atom. The lowest BCUT2D eigenvalue weighted by Crippen LogP contribution is -2.23. The Morgan fingerprint density at radius 1 is 1.08 bits per heavy atom. The molecule has 1 heterocycles. The SMILES string of the molecule is CC(=C[SiH](C)C)N1CCCCCC1. The van der Waals surface area contributed by atoms with Crippen molar-refractivity contribution in [2.45, 2.75) is 45.7 Å². The zero-order valence-corrected chi connectivity index (χ0v) is 10.5. The Morgan fingerprint density at radius 3 is 2.08 bits per heavy atom. The minimum atomic E-state index is -0.518. The van der Waals surface area contributed by atoms with Gasteiger partial charge in [0.1, 0.15) is 0 Å². The molecule has 0 aromatic carbocycles. The summed E-state index contributed by atoms with van der Waals surface area (Å²) in [6.45, 7) is 9.66. The fourth-order valence-electron chi connectivity index (χ4n) is 2.01. The van der Waals surface area contributed by atoms with Crippen molar-refractivity contribution in [3.8, 4) is 0 Å². The molecule has 0 bridgehead atoms. The van der Waals surface area contributed by atoms with Crippen LogP contribution in [0.15, 0.2) is 11.4 Å². The highest BCUT2D eigenvalue weighted by molar-refractivity contribution is 6.61. The molecule has 0 amide bonds. The second-order valence-electron chi connectivity index (χ2n) is 4.45. The van der Waals surface area contributed by atoms with Crippen LogP contribution >= 0.6 is 0 Å². The number of nitrogens with zero attached hydrogens (tertiary/aromatic N) is 1. The molecule has 1 aliphatic rings. The van der Waals surface area contributed by atoms with E-state index in [-0.39, 0.29) is 0 Å². The van der Waals surface area contributed by atoms with Gasteiger partial charge in [0.15, 0.2) is 0 Å². The summed E-state index contributed by atoms with van der Waals surface area (Å²) in [5.41, 5.74) is 4.06. The van der Waals surface area contributed by atoms with Crippen molar-refractivity contribution in [3.63, 3.8) is 0 Å². The van der Waals surface area contributed by atoms with Gasteiger partial charge in [-0.1, -0.05) is 31.6 Å². The molecule has 0 atom stereocenters. The monoisotopic (exact) mass is 197 g/mol. The highest BCUT2D eigenvalue weighted by Gasteiger charge is 2.08. The van der Waals surface area contributed by atoms with Crippen molar-refractivity contribution >= 4 is 8.80 Å². The summed E-state index contributed by atoms with van der Waals surface area (Å²) >= 11 is 0. The van der Waals surface area contributed by atoms with Gasteiger partial charge < -0.3 is 4.90 Å². The summed E-state index contributed by atoms with van der Waals surface area (Å²) in [5.74, 6) is 0. The molecule has 0 spiro atoms. The fraction of sp³-hybridized carbons (Fsp3) is 0.818. The molecule has 0 unspecified atom stereocenters. The van der Waals surface area contributed by atoms with Crippen LogP contribution < -0.4 is 0 Å². The van der Waals surface area contributed by atoms with E-state index in [4.69, 9.17) is 0 Å². The largest absolute Gasteiger partial charge is 0.376 e. The lowest BCUT2D eigenvalue weighted by atomic mass is 10.2. The number of allylic oxidation sites excluding steroid dienone is 1. The summed E-state index contributed by atoms with van der Waals surface area (Å²) < 4.78 is 0. The second kappa shape index (κ2) is 5.48. The molecule has 1 fully saturated rings. The number of hydrogen-bond donors (Lipinski definition) is 0. The van der Waals surface area contributed by atoms with Crippen molar-refractivity contribution in [2.24, 2.45) is 0 Å². The van der Waals surface area contributed by atoms with Gasteiger partial charge in [0.25, 0.3) is 0 Å². The van der Waals surface area contributed by atoms with Gasteiger partial charge in [-0.05, 0) is 19.8 Å². The van der Waals surface area contributed by atoms with Gasteiger partial charge in [-0.3, -0.25) is 0 Å². The van der Waals surface area contributed by atoms with Crippen LogP contribution in [0.3, 0.4) is 0 Å². The van der Waals surface area contributed by atoms with E-state index in [1.807, 2.05) is 0 Å². The maximum atomic E-state index is 2.58. The van der Waals surface area contributed by atoms with E-state index < -0.39 is 8.80 Å². The van der Waals surface area contributed by atoms with Gasteiger partial charge in [0, 0.05) is 18.8 Å². The zero-order chi connectivity index (χ0) is 9.68. The Balaban J connectivity index is 2.48. The third kappa shape index (κ3) is 3.99. The summed E-state index contributed by atoms with van der Waals surface area (Å²) in [5, 5.41) is 0. The Kier molecular flexibility index (Phi) is 4.57. The minimum absolute atomic E-state index is 0.518. The Hall–Kier alpha value is -0.243. The second-order valence-corrected chi connectivity index (χ2v) is 7.27. The predicted molar refractivity (Wildman–Crippen MR) is 62.7 cm³/mol. The summed E-state index contributed by atoms with van der Waals surface area (Å²) in [6, 6.07) is 0. The number of rotatable bonds is 2. The first-order valence-electron chi connectivity index (χ1n) is 5.63. The topological polar surface area (TPSA) is 3.24 Å². The van der Waals surface area contributed by atoms with Crippen LogP contribution in [0.4, 0.5) is 0 Å². The van der Waals surface area contributed by atoms with Crippen LogP contribution in [0.25, 0.3) is 0 Å². The zero-order valence-electron chi connectivity index (χ0n) is 9.34. The maximum Gasteiger partial charge on any atom is 0.0576 e. The van der Waals surface area contributed by atoms with E-state index in [0.717, 1.165) is 0 Å². The summed E-state index contributed by atoms with van der Waals surface area (Å²) in [4.78, 5) is 2.58. The lowest BCUT2D eigenvalue weighted by Gasteiger charge is -2.23. The average Bonchev–Trinajstić information content (AvgIpc) is 2.29. The highest BCUT2D eigenvalue weighted by atomic mass is 28.3. The lowest BCUT2D eigenvalue weighted by molar-refractivity contribution is 0.360. The third-order valence-electron chi connectivity index (χ3n) is 2.68. The molecular formula is C11H23NSi. The average molecular weight is 197 g/mol. The van der Waals surface area contributed by atoms with E-state index in [1.54, 1.807) is 5.70 Å². The summed E-state index contributed by atoms with van der Waals surface area (Å²) in [6.07, 6.45) is 5.65. The molecular weight excluding hydrogens is 174 g/mol. The van der Waals surface area contributed by atoms with Crippen LogP contribution in [0, 0.1) is 0 Å². The van der Waals surface area contributed by atoms with Gasteiger partial charge in [0.2, 0.25) is 0 Å². The molecule has 1 rings (SSSR count). The molecule has 0 aromatic heterocycles. The molecule has 13 heavy (non-hydrogen) atoms. The molecule has 2 heteroatoms. The predicted octanol–water partition coefficient (Wildman–Crippen LogP) is 2.79. The fourth-order valence-corrected chi connectivity index (χ4v) is 3.19. The van der Waals surface area contributed by atoms with Crippen LogP contribution in [-0.4, -0.2) is 26.8 Å². The minimum Gasteiger partial charge on any atom is -0.376 e. The molecule has 0 aliphatic carbocycles. The third-order valence-corrected chi connectivity index (χ3v) is 3.83. The Bertz CT molecular complexity index is 167. The molecule has 0 N–H and O–H groups in total. The molecule has 76 valence electrons. The first kappa shape index (κ1) is 10.8. The van der Waals surface area contributed by atoms with Crippen molar-refractivity contribution in [3.05, 3.63) is 11.4 Å². The van der Waals surface area contributed by atoms with E-state index in [9.17, 15) is 0 Å². The molecule has 0 radical (unpaired) electrons. The normalized spacial score (nSPS) is 20.6. The van der Waals surface area contributed by atoms with Gasteiger partial charge in [-0.2, -0.15) is 0 Å². The van der Waals surface area contributed by atoms with E-state index >= 15 is 0 Å². The standard InChI is InChI=1S/C11H23NSi/c1-11(10-13(2)3)12-8-6-4-5-7-9-12/h10,13H,4-9H2,1-3H3. The smallest absolute Gasteiger partial charge is 0.0576 e. The molecule has 1 saturated heterocycles. The van der Waals surface area contributed by atoms with Gasteiger partial charge in [-0.25, -0.2) is 0 Å². The van der Waals surface area contributed by atoms with Crippen LogP contribution in [0.1, 0.15) is 32.6 Å². The number of hydrogen-bond acceptors (Lipinski definition) is 1. The van der Waals surface area contributed by atoms with Crippen LogP contribution in [0.2, 0.25) is 13.1 Å². The van der Waals surface area contributed by atoms with Crippen LogP contribution in [-0.2, 0) is 0 Å². The van der Waals surface area contributed by atoms with Crippen LogP contribution in [0.5, 0.6) is 0 Å². The first-order valence-corrected chi connectivity index (χ1v) is 8.61. The highest BCUT2D eigenvalue weighted by Crippen LogP contribution is 2.14. The van der Waals surface area contributed by atoms with Gasteiger partial charge in [-0.15, -0.1) is 0 Å². The van der Waals surface area contributed by atoms with Gasteiger partial charge >= 0.3 is 0 Å².